The lowest BCUT2D eigenvalue weighted by molar-refractivity contribution is -0.136. The molecule has 4 nitrogen and oxygen atoms in total. The minimum atomic E-state index is -4.75. The van der Waals surface area contributed by atoms with E-state index in [1.54, 1.807) is 0 Å². The quantitative estimate of drug-likeness (QED) is 0.767. The molecule has 1 N–H and O–H groups in total. The van der Waals surface area contributed by atoms with E-state index in [1.807, 2.05) is 0 Å². The number of halogens is 1. The Morgan fingerprint density at radius 1 is 1.43 bits per heavy atom. The van der Waals surface area contributed by atoms with Crippen molar-refractivity contribution in [3.8, 4) is 0 Å². The molecule has 0 saturated heterocycles. The van der Waals surface area contributed by atoms with Gasteiger partial charge in [0.05, 0.1) is 11.3 Å². The molecule has 76 valence electrons. The van der Waals surface area contributed by atoms with Gasteiger partial charge in [-0.05, 0) is 17.7 Å². The molecule has 0 heterocycles. The largest absolute Gasteiger partial charge is 0.481 e. The van der Waals surface area contributed by atoms with Crippen molar-refractivity contribution >= 4 is 16.2 Å². The molecule has 0 radical (unpaired) electrons. The highest BCUT2D eigenvalue weighted by Crippen LogP contribution is 2.14. The standard InChI is InChI=1S/C8H7FO4S/c9-14(12,13)7-3-1-2-6(4-7)5-8(10)11/h1-4H,5H2,(H,10,11). The molecule has 0 aliphatic rings. The van der Waals surface area contributed by atoms with Crippen molar-refractivity contribution < 1.29 is 22.2 Å². The second-order valence-corrected chi connectivity index (χ2v) is 4.00. The van der Waals surface area contributed by atoms with Crippen LogP contribution in [0.2, 0.25) is 0 Å². The summed E-state index contributed by atoms with van der Waals surface area (Å²) in [5.74, 6) is -1.10. The minimum absolute atomic E-state index is 0.247. The summed E-state index contributed by atoms with van der Waals surface area (Å²) < 4.78 is 33.4. The number of carboxylic acids is 1. The van der Waals surface area contributed by atoms with Gasteiger partial charge in [-0.25, -0.2) is 0 Å². The summed E-state index contributed by atoms with van der Waals surface area (Å²) in [7, 11) is -4.75. The van der Waals surface area contributed by atoms with E-state index < -0.39 is 21.1 Å². The van der Waals surface area contributed by atoms with Crippen LogP contribution in [0.3, 0.4) is 0 Å². The van der Waals surface area contributed by atoms with E-state index in [0.717, 1.165) is 12.1 Å². The number of hydrogen-bond acceptors (Lipinski definition) is 3. The van der Waals surface area contributed by atoms with Gasteiger partial charge in [0.15, 0.2) is 0 Å². The molecule has 0 unspecified atom stereocenters. The van der Waals surface area contributed by atoms with Gasteiger partial charge < -0.3 is 5.11 Å². The molecule has 0 bridgehead atoms. The summed E-state index contributed by atoms with van der Waals surface area (Å²) >= 11 is 0. The van der Waals surface area contributed by atoms with Crippen molar-refractivity contribution in [2.45, 2.75) is 11.3 Å². The molecule has 0 spiro atoms. The molecule has 0 amide bonds. The topological polar surface area (TPSA) is 71.4 Å². The Labute approximate surface area is 80.2 Å². The summed E-state index contributed by atoms with van der Waals surface area (Å²) in [6.45, 7) is 0. The fraction of sp³-hybridized carbons (Fsp3) is 0.125. The average Bonchev–Trinajstić information content (AvgIpc) is 2.01. The van der Waals surface area contributed by atoms with Crippen LogP contribution in [0.15, 0.2) is 29.2 Å². The molecule has 0 saturated carbocycles. The van der Waals surface area contributed by atoms with Crippen LogP contribution in [0, 0.1) is 0 Å². The van der Waals surface area contributed by atoms with Crippen molar-refractivity contribution in [1.29, 1.82) is 0 Å². The number of aliphatic carboxylic acids is 1. The SMILES string of the molecule is O=C(O)Cc1cccc(S(=O)(=O)F)c1. The number of rotatable bonds is 3. The third kappa shape index (κ3) is 2.81. The van der Waals surface area contributed by atoms with Crippen LogP contribution < -0.4 is 0 Å². The number of carbonyl (C=O) groups is 1. The van der Waals surface area contributed by atoms with E-state index in [0.29, 0.717) is 0 Å². The first-order valence-corrected chi connectivity index (χ1v) is 5.03. The highest BCUT2D eigenvalue weighted by molar-refractivity contribution is 7.86. The molecule has 1 rings (SSSR count). The smallest absolute Gasteiger partial charge is 0.332 e. The molecule has 0 aromatic heterocycles. The molecule has 0 aliphatic heterocycles. The molecular formula is C8H7FO4S. The lowest BCUT2D eigenvalue weighted by Gasteiger charge is -1.98. The molecule has 0 atom stereocenters. The van der Waals surface area contributed by atoms with Gasteiger partial charge in [-0.2, -0.15) is 8.42 Å². The van der Waals surface area contributed by atoms with Crippen LogP contribution in [-0.2, 0) is 21.4 Å². The normalized spacial score (nSPS) is 11.2. The number of benzene rings is 1. The molecule has 0 aliphatic carbocycles. The summed E-state index contributed by atoms with van der Waals surface area (Å²) in [6, 6.07) is 4.79. The second-order valence-electron chi connectivity index (χ2n) is 2.66. The average molecular weight is 218 g/mol. The third-order valence-corrected chi connectivity index (χ3v) is 2.35. The predicted molar refractivity (Wildman–Crippen MR) is 46.1 cm³/mol. The summed E-state index contributed by atoms with van der Waals surface area (Å²) in [5, 5.41) is 8.42. The Balaban J connectivity index is 3.08. The zero-order valence-corrected chi connectivity index (χ0v) is 7.79. The van der Waals surface area contributed by atoms with Gasteiger partial charge in [-0.15, -0.1) is 3.89 Å². The molecule has 1 aromatic carbocycles. The Morgan fingerprint density at radius 2 is 2.07 bits per heavy atom. The van der Waals surface area contributed by atoms with Crippen molar-refractivity contribution in [3.05, 3.63) is 29.8 Å². The molecule has 14 heavy (non-hydrogen) atoms. The monoisotopic (exact) mass is 218 g/mol. The van der Waals surface area contributed by atoms with E-state index in [-0.39, 0.29) is 12.0 Å². The lowest BCUT2D eigenvalue weighted by atomic mass is 10.2. The highest BCUT2D eigenvalue weighted by atomic mass is 32.3. The van der Waals surface area contributed by atoms with Crippen LogP contribution >= 0.6 is 0 Å². The first-order chi connectivity index (χ1) is 6.39. The van der Waals surface area contributed by atoms with Gasteiger partial charge in [-0.1, -0.05) is 12.1 Å². The summed E-state index contributed by atoms with van der Waals surface area (Å²) in [5.41, 5.74) is 0.247. The third-order valence-electron chi connectivity index (χ3n) is 1.54. The first kappa shape index (κ1) is 10.6. The Morgan fingerprint density at radius 3 is 2.57 bits per heavy atom. The lowest BCUT2D eigenvalue weighted by Crippen LogP contribution is -2.01. The zero-order chi connectivity index (χ0) is 10.8. The van der Waals surface area contributed by atoms with Gasteiger partial charge in [0.1, 0.15) is 0 Å². The van der Waals surface area contributed by atoms with Crippen molar-refractivity contribution in [3.63, 3.8) is 0 Å². The Bertz CT molecular complexity index is 452. The fourth-order valence-electron chi connectivity index (χ4n) is 0.982. The molecule has 1 aromatic rings. The summed E-state index contributed by atoms with van der Waals surface area (Å²) in [6.07, 6.45) is -0.330. The first-order valence-electron chi connectivity index (χ1n) is 3.65. The molecular weight excluding hydrogens is 211 g/mol. The van der Waals surface area contributed by atoms with Crippen LogP contribution in [-0.4, -0.2) is 19.5 Å². The maximum atomic E-state index is 12.5. The van der Waals surface area contributed by atoms with E-state index in [1.165, 1.54) is 12.1 Å². The fourth-order valence-corrected chi connectivity index (χ4v) is 1.51. The summed E-state index contributed by atoms with van der Waals surface area (Å²) in [4.78, 5) is 9.77. The highest BCUT2D eigenvalue weighted by Gasteiger charge is 2.12. The molecule has 6 heteroatoms. The van der Waals surface area contributed by atoms with Crippen LogP contribution in [0.5, 0.6) is 0 Å². The van der Waals surface area contributed by atoms with Crippen LogP contribution in [0.1, 0.15) is 5.56 Å². The van der Waals surface area contributed by atoms with Gasteiger partial charge >= 0.3 is 16.2 Å². The Hall–Kier alpha value is -1.43. The van der Waals surface area contributed by atoms with Crippen LogP contribution in [0.25, 0.3) is 0 Å². The van der Waals surface area contributed by atoms with Crippen molar-refractivity contribution in [1.82, 2.24) is 0 Å². The number of hydrogen-bond donors (Lipinski definition) is 1. The van der Waals surface area contributed by atoms with E-state index in [2.05, 4.69) is 0 Å². The minimum Gasteiger partial charge on any atom is -0.481 e. The van der Waals surface area contributed by atoms with E-state index in [4.69, 9.17) is 5.11 Å². The van der Waals surface area contributed by atoms with Crippen molar-refractivity contribution in [2.75, 3.05) is 0 Å². The Kier molecular flexibility index (Phi) is 2.85. The maximum absolute atomic E-state index is 12.5. The van der Waals surface area contributed by atoms with E-state index >= 15 is 0 Å². The van der Waals surface area contributed by atoms with E-state index in [9.17, 15) is 17.1 Å². The predicted octanol–water partition coefficient (Wildman–Crippen LogP) is 0.972. The number of carboxylic acid groups (broad SMARTS) is 1. The second kappa shape index (κ2) is 3.75. The van der Waals surface area contributed by atoms with Gasteiger partial charge in [0.2, 0.25) is 0 Å². The maximum Gasteiger partial charge on any atom is 0.332 e. The van der Waals surface area contributed by atoms with Gasteiger partial charge in [0, 0.05) is 0 Å². The molecule has 0 fully saturated rings. The zero-order valence-electron chi connectivity index (χ0n) is 6.97. The van der Waals surface area contributed by atoms with Crippen LogP contribution in [0.4, 0.5) is 3.89 Å². The van der Waals surface area contributed by atoms with Gasteiger partial charge in [0.25, 0.3) is 0 Å². The van der Waals surface area contributed by atoms with Crippen molar-refractivity contribution in [2.24, 2.45) is 0 Å². The van der Waals surface area contributed by atoms with Gasteiger partial charge in [-0.3, -0.25) is 4.79 Å².